The second kappa shape index (κ2) is 8.26. The number of hydrogen-bond acceptors (Lipinski definition) is 5. The lowest BCUT2D eigenvalue weighted by Crippen LogP contribution is -2.35. The largest absolute Gasteiger partial charge is 0.469 e. The van der Waals surface area contributed by atoms with E-state index < -0.39 is 0 Å². The van der Waals surface area contributed by atoms with Crippen molar-refractivity contribution in [2.24, 2.45) is 0 Å². The second-order valence-electron chi connectivity index (χ2n) is 4.68. The lowest BCUT2D eigenvalue weighted by atomic mass is 10.1. The fourth-order valence-electron chi connectivity index (χ4n) is 1.84. The maximum absolute atomic E-state index is 12.5. The summed E-state index contributed by atoms with van der Waals surface area (Å²) in [6.45, 7) is 2.95. The van der Waals surface area contributed by atoms with E-state index in [9.17, 15) is 9.59 Å². The number of benzene rings is 1. The first-order valence-corrected chi connectivity index (χ1v) is 6.70. The molecule has 0 aliphatic heterocycles. The van der Waals surface area contributed by atoms with E-state index >= 15 is 0 Å². The van der Waals surface area contributed by atoms with Crippen LogP contribution in [0.15, 0.2) is 18.2 Å². The molecular weight excluding hydrogens is 272 g/mol. The number of anilines is 1. The number of nitrogens with two attached hydrogens (primary N) is 1. The summed E-state index contributed by atoms with van der Waals surface area (Å²) in [5.74, 6) is -0.502. The zero-order chi connectivity index (χ0) is 15.8. The lowest BCUT2D eigenvalue weighted by Gasteiger charge is -2.22. The van der Waals surface area contributed by atoms with Crippen LogP contribution in [0, 0.1) is 6.92 Å². The van der Waals surface area contributed by atoms with Gasteiger partial charge in [0.1, 0.15) is 0 Å². The van der Waals surface area contributed by atoms with Gasteiger partial charge in [-0.05, 0) is 30.7 Å². The number of nitrogens with zero attached hydrogens (tertiary/aromatic N) is 1. The quantitative estimate of drug-likeness (QED) is 0.604. The Labute approximate surface area is 124 Å². The van der Waals surface area contributed by atoms with Gasteiger partial charge in [0.25, 0.3) is 5.91 Å². The molecule has 0 fully saturated rings. The number of aryl methyl sites for hydroxylation is 1. The molecular formula is C15H22N2O4. The number of methoxy groups -OCH3 is 2. The van der Waals surface area contributed by atoms with E-state index in [0.717, 1.165) is 5.56 Å². The van der Waals surface area contributed by atoms with E-state index in [4.69, 9.17) is 10.5 Å². The summed E-state index contributed by atoms with van der Waals surface area (Å²) in [5.41, 5.74) is 7.79. The van der Waals surface area contributed by atoms with Gasteiger partial charge in [-0.15, -0.1) is 0 Å². The van der Waals surface area contributed by atoms with E-state index in [-0.39, 0.29) is 24.8 Å². The summed E-state index contributed by atoms with van der Waals surface area (Å²) in [7, 11) is 2.89. The average Bonchev–Trinajstić information content (AvgIpc) is 2.49. The summed E-state index contributed by atoms with van der Waals surface area (Å²) in [4.78, 5) is 25.3. The minimum Gasteiger partial charge on any atom is -0.469 e. The van der Waals surface area contributed by atoms with Crippen molar-refractivity contribution in [2.45, 2.75) is 13.3 Å². The minimum absolute atomic E-state index is 0.153. The van der Waals surface area contributed by atoms with Gasteiger partial charge in [-0.1, -0.05) is 0 Å². The highest BCUT2D eigenvalue weighted by molar-refractivity contribution is 5.95. The highest BCUT2D eigenvalue weighted by atomic mass is 16.5. The maximum Gasteiger partial charge on any atom is 0.307 e. The Morgan fingerprint density at radius 2 is 1.95 bits per heavy atom. The van der Waals surface area contributed by atoms with Crippen LogP contribution in [0.3, 0.4) is 0 Å². The standard InChI is InChI=1S/C15H22N2O4/c1-11-10-12(4-5-13(11)16)15(19)17(8-9-20-2)7-6-14(18)21-3/h4-5,10H,6-9,16H2,1-3H3. The summed E-state index contributed by atoms with van der Waals surface area (Å²) < 4.78 is 9.60. The van der Waals surface area contributed by atoms with Crippen LogP contribution in [0.2, 0.25) is 0 Å². The SMILES string of the molecule is COCCN(CCC(=O)OC)C(=O)c1ccc(N)c(C)c1. The van der Waals surface area contributed by atoms with Gasteiger partial charge in [0.05, 0.1) is 20.1 Å². The van der Waals surface area contributed by atoms with Crippen molar-refractivity contribution in [3.8, 4) is 0 Å². The van der Waals surface area contributed by atoms with Gasteiger partial charge in [0, 0.05) is 31.5 Å². The number of carbonyl (C=O) groups is 2. The highest BCUT2D eigenvalue weighted by Crippen LogP contribution is 2.14. The maximum atomic E-state index is 12.5. The minimum atomic E-state index is -0.348. The first-order chi connectivity index (χ1) is 9.99. The van der Waals surface area contributed by atoms with Crippen LogP contribution < -0.4 is 5.73 Å². The molecule has 0 radical (unpaired) electrons. The molecule has 1 amide bonds. The normalized spacial score (nSPS) is 10.2. The smallest absolute Gasteiger partial charge is 0.307 e. The zero-order valence-corrected chi connectivity index (χ0v) is 12.7. The van der Waals surface area contributed by atoms with Crippen molar-refractivity contribution < 1.29 is 19.1 Å². The molecule has 0 aliphatic carbocycles. The van der Waals surface area contributed by atoms with Crippen molar-refractivity contribution >= 4 is 17.6 Å². The molecule has 1 rings (SSSR count). The van der Waals surface area contributed by atoms with E-state index in [2.05, 4.69) is 4.74 Å². The Morgan fingerprint density at radius 1 is 1.24 bits per heavy atom. The predicted molar refractivity (Wildman–Crippen MR) is 80.0 cm³/mol. The molecule has 0 spiro atoms. The fourth-order valence-corrected chi connectivity index (χ4v) is 1.84. The predicted octanol–water partition coefficient (Wildman–Crippen LogP) is 1.23. The summed E-state index contributed by atoms with van der Waals surface area (Å²) in [6, 6.07) is 5.13. The van der Waals surface area contributed by atoms with Gasteiger partial charge < -0.3 is 20.1 Å². The number of ether oxygens (including phenoxy) is 2. The first-order valence-electron chi connectivity index (χ1n) is 6.70. The van der Waals surface area contributed by atoms with E-state index in [1.165, 1.54) is 7.11 Å². The monoisotopic (exact) mass is 294 g/mol. The third kappa shape index (κ3) is 5.07. The lowest BCUT2D eigenvalue weighted by molar-refractivity contribution is -0.140. The molecule has 0 atom stereocenters. The molecule has 116 valence electrons. The van der Waals surface area contributed by atoms with Gasteiger partial charge in [0.2, 0.25) is 0 Å². The Balaban J connectivity index is 2.82. The Morgan fingerprint density at radius 3 is 2.52 bits per heavy atom. The van der Waals surface area contributed by atoms with E-state index in [1.54, 1.807) is 30.2 Å². The van der Waals surface area contributed by atoms with Gasteiger partial charge >= 0.3 is 5.97 Å². The van der Waals surface area contributed by atoms with Crippen LogP contribution >= 0.6 is 0 Å². The summed E-state index contributed by atoms with van der Waals surface area (Å²) in [5, 5.41) is 0. The summed E-state index contributed by atoms with van der Waals surface area (Å²) >= 11 is 0. The highest BCUT2D eigenvalue weighted by Gasteiger charge is 2.17. The van der Waals surface area contributed by atoms with Crippen molar-refractivity contribution in [1.82, 2.24) is 4.90 Å². The molecule has 0 aliphatic rings. The molecule has 0 saturated carbocycles. The van der Waals surface area contributed by atoms with E-state index in [0.29, 0.717) is 24.4 Å². The third-order valence-corrected chi connectivity index (χ3v) is 3.18. The molecule has 6 heteroatoms. The topological polar surface area (TPSA) is 81.9 Å². The number of amides is 1. The number of esters is 1. The number of nitrogen functional groups attached to an aromatic ring is 1. The summed E-state index contributed by atoms with van der Waals surface area (Å²) in [6.07, 6.45) is 0.153. The van der Waals surface area contributed by atoms with E-state index in [1.807, 2.05) is 6.92 Å². The van der Waals surface area contributed by atoms with Crippen LogP contribution in [-0.2, 0) is 14.3 Å². The van der Waals surface area contributed by atoms with Crippen LogP contribution in [-0.4, -0.2) is 50.7 Å². The van der Waals surface area contributed by atoms with Crippen LogP contribution in [0.4, 0.5) is 5.69 Å². The van der Waals surface area contributed by atoms with Crippen molar-refractivity contribution in [1.29, 1.82) is 0 Å². The molecule has 6 nitrogen and oxygen atoms in total. The molecule has 0 unspecified atom stereocenters. The Bertz CT molecular complexity index is 502. The van der Waals surface area contributed by atoms with Crippen LogP contribution in [0.1, 0.15) is 22.3 Å². The molecule has 2 N–H and O–H groups in total. The number of carbonyl (C=O) groups excluding carboxylic acids is 2. The molecule has 21 heavy (non-hydrogen) atoms. The molecule has 0 bridgehead atoms. The molecule has 1 aromatic rings. The van der Waals surface area contributed by atoms with Gasteiger partial charge in [0.15, 0.2) is 0 Å². The molecule has 0 heterocycles. The number of rotatable bonds is 7. The third-order valence-electron chi connectivity index (χ3n) is 3.18. The molecule has 0 saturated heterocycles. The van der Waals surface area contributed by atoms with Crippen molar-refractivity contribution in [3.05, 3.63) is 29.3 Å². The van der Waals surface area contributed by atoms with Gasteiger partial charge in [-0.2, -0.15) is 0 Å². The van der Waals surface area contributed by atoms with Crippen molar-refractivity contribution in [3.63, 3.8) is 0 Å². The van der Waals surface area contributed by atoms with Gasteiger partial charge in [-0.25, -0.2) is 0 Å². The zero-order valence-electron chi connectivity index (χ0n) is 12.7. The second-order valence-corrected chi connectivity index (χ2v) is 4.68. The average molecular weight is 294 g/mol. The van der Waals surface area contributed by atoms with Gasteiger partial charge in [-0.3, -0.25) is 9.59 Å². The Kier molecular flexibility index (Phi) is 6.68. The van der Waals surface area contributed by atoms with Crippen molar-refractivity contribution in [2.75, 3.05) is 39.6 Å². The molecule has 1 aromatic carbocycles. The number of hydrogen-bond donors (Lipinski definition) is 1. The van der Waals surface area contributed by atoms with Crippen LogP contribution in [0.5, 0.6) is 0 Å². The Hall–Kier alpha value is -2.08. The fraction of sp³-hybridized carbons (Fsp3) is 0.467. The first kappa shape index (κ1) is 17.0. The van der Waals surface area contributed by atoms with Crippen LogP contribution in [0.25, 0.3) is 0 Å². The molecule has 0 aromatic heterocycles.